The first-order valence-corrected chi connectivity index (χ1v) is 5.53. The molecule has 1 aromatic carbocycles. The maximum atomic E-state index is 9.80. The van der Waals surface area contributed by atoms with Gasteiger partial charge < -0.3 is 10.8 Å². The Kier molecular flexibility index (Phi) is 3.23. The van der Waals surface area contributed by atoms with Gasteiger partial charge in [0.15, 0.2) is 0 Å². The molecule has 15 heavy (non-hydrogen) atoms. The Morgan fingerprint density at radius 1 is 1.27 bits per heavy atom. The van der Waals surface area contributed by atoms with Gasteiger partial charge in [0, 0.05) is 18.7 Å². The molecule has 0 unspecified atom stereocenters. The van der Waals surface area contributed by atoms with E-state index >= 15 is 0 Å². The molecular formula is C12H18N2O. The minimum absolute atomic E-state index is 0.379. The first-order chi connectivity index (χ1) is 7.29. The van der Waals surface area contributed by atoms with Gasteiger partial charge in [-0.25, -0.2) is 0 Å². The van der Waals surface area contributed by atoms with Crippen LogP contribution in [0.4, 0.5) is 0 Å². The number of nitrogens with zero attached hydrogens (tertiary/aromatic N) is 1. The van der Waals surface area contributed by atoms with E-state index in [9.17, 15) is 5.11 Å². The van der Waals surface area contributed by atoms with Gasteiger partial charge in [-0.05, 0) is 37.6 Å². The number of phenolic OH excluding ortho intramolecular Hbond substituents is 1. The van der Waals surface area contributed by atoms with Crippen molar-refractivity contribution in [2.45, 2.75) is 25.9 Å². The van der Waals surface area contributed by atoms with Crippen LogP contribution < -0.4 is 5.73 Å². The second-order valence-electron chi connectivity index (χ2n) is 4.15. The zero-order valence-corrected chi connectivity index (χ0v) is 8.95. The Morgan fingerprint density at radius 2 is 2.00 bits per heavy atom. The van der Waals surface area contributed by atoms with Gasteiger partial charge >= 0.3 is 0 Å². The van der Waals surface area contributed by atoms with Crippen molar-refractivity contribution in [2.24, 2.45) is 5.73 Å². The summed E-state index contributed by atoms with van der Waals surface area (Å²) in [6.45, 7) is 3.64. The van der Waals surface area contributed by atoms with Crippen molar-refractivity contribution in [1.29, 1.82) is 0 Å². The van der Waals surface area contributed by atoms with Crippen molar-refractivity contribution >= 4 is 0 Å². The smallest absolute Gasteiger partial charge is 0.120 e. The quantitative estimate of drug-likeness (QED) is 0.787. The SMILES string of the molecule is NCc1ccc(CN2CCCC2)c(O)c1. The Labute approximate surface area is 90.5 Å². The van der Waals surface area contributed by atoms with Crippen molar-refractivity contribution < 1.29 is 5.11 Å². The summed E-state index contributed by atoms with van der Waals surface area (Å²) in [5.41, 5.74) is 7.50. The lowest BCUT2D eigenvalue weighted by molar-refractivity contribution is 0.324. The van der Waals surface area contributed by atoms with Crippen LogP contribution in [0.2, 0.25) is 0 Å². The largest absolute Gasteiger partial charge is 0.508 e. The van der Waals surface area contributed by atoms with E-state index in [1.165, 1.54) is 12.8 Å². The number of likely N-dealkylation sites (tertiary alicyclic amines) is 1. The van der Waals surface area contributed by atoms with E-state index in [1.54, 1.807) is 6.07 Å². The van der Waals surface area contributed by atoms with Gasteiger partial charge in [-0.15, -0.1) is 0 Å². The molecule has 1 aromatic rings. The van der Waals surface area contributed by atoms with Gasteiger partial charge in [-0.2, -0.15) is 0 Å². The minimum Gasteiger partial charge on any atom is -0.508 e. The molecule has 0 bridgehead atoms. The van der Waals surface area contributed by atoms with Crippen molar-refractivity contribution in [2.75, 3.05) is 13.1 Å². The summed E-state index contributed by atoms with van der Waals surface area (Å²) in [7, 11) is 0. The Morgan fingerprint density at radius 3 is 2.60 bits per heavy atom. The van der Waals surface area contributed by atoms with E-state index in [4.69, 9.17) is 5.73 Å². The molecule has 3 nitrogen and oxygen atoms in total. The van der Waals surface area contributed by atoms with Crippen LogP contribution in [0.5, 0.6) is 5.75 Å². The normalized spacial score (nSPS) is 17.1. The fraction of sp³-hybridized carbons (Fsp3) is 0.500. The zero-order valence-electron chi connectivity index (χ0n) is 8.95. The van der Waals surface area contributed by atoms with Crippen LogP contribution in [-0.2, 0) is 13.1 Å². The fourth-order valence-corrected chi connectivity index (χ4v) is 2.05. The molecule has 0 radical (unpaired) electrons. The zero-order chi connectivity index (χ0) is 10.7. The molecule has 1 aliphatic heterocycles. The fourth-order valence-electron chi connectivity index (χ4n) is 2.05. The Bertz CT molecular complexity index is 332. The molecular weight excluding hydrogens is 188 g/mol. The van der Waals surface area contributed by atoms with E-state index < -0.39 is 0 Å². The lowest BCUT2D eigenvalue weighted by atomic mass is 10.1. The molecule has 82 valence electrons. The first-order valence-electron chi connectivity index (χ1n) is 5.53. The van der Waals surface area contributed by atoms with Crippen LogP contribution >= 0.6 is 0 Å². The lowest BCUT2D eigenvalue weighted by Crippen LogP contribution is -2.18. The molecule has 1 aliphatic rings. The molecule has 0 amide bonds. The lowest BCUT2D eigenvalue weighted by Gasteiger charge is -2.15. The molecule has 2 rings (SSSR count). The maximum Gasteiger partial charge on any atom is 0.120 e. The topological polar surface area (TPSA) is 49.5 Å². The van der Waals surface area contributed by atoms with Gasteiger partial charge in [0.1, 0.15) is 5.75 Å². The van der Waals surface area contributed by atoms with Crippen LogP contribution in [0.3, 0.4) is 0 Å². The third-order valence-corrected chi connectivity index (χ3v) is 2.98. The third-order valence-electron chi connectivity index (χ3n) is 2.98. The number of nitrogens with two attached hydrogens (primary N) is 1. The number of hydrogen-bond acceptors (Lipinski definition) is 3. The molecule has 0 atom stereocenters. The van der Waals surface area contributed by atoms with Crippen molar-refractivity contribution in [3.63, 3.8) is 0 Å². The highest BCUT2D eigenvalue weighted by atomic mass is 16.3. The number of hydrogen-bond donors (Lipinski definition) is 2. The summed E-state index contributed by atoms with van der Waals surface area (Å²) in [6.07, 6.45) is 2.56. The predicted octanol–water partition coefficient (Wildman–Crippen LogP) is 1.45. The number of aromatic hydroxyl groups is 1. The summed E-state index contributed by atoms with van der Waals surface area (Å²) in [5, 5.41) is 9.80. The van der Waals surface area contributed by atoms with Crippen molar-refractivity contribution in [3.05, 3.63) is 29.3 Å². The van der Waals surface area contributed by atoms with E-state index in [0.717, 1.165) is 30.8 Å². The van der Waals surface area contributed by atoms with E-state index in [2.05, 4.69) is 4.90 Å². The summed E-state index contributed by atoms with van der Waals surface area (Å²) < 4.78 is 0. The van der Waals surface area contributed by atoms with Crippen LogP contribution in [0.25, 0.3) is 0 Å². The van der Waals surface area contributed by atoms with E-state index in [0.29, 0.717) is 12.3 Å². The van der Waals surface area contributed by atoms with Gasteiger partial charge in [-0.1, -0.05) is 12.1 Å². The van der Waals surface area contributed by atoms with Crippen molar-refractivity contribution in [1.82, 2.24) is 4.90 Å². The Balaban J connectivity index is 2.07. The molecule has 1 saturated heterocycles. The molecule has 0 aromatic heterocycles. The average molecular weight is 206 g/mol. The molecule has 0 saturated carbocycles. The number of rotatable bonds is 3. The van der Waals surface area contributed by atoms with Crippen LogP contribution in [0.15, 0.2) is 18.2 Å². The molecule has 0 spiro atoms. The molecule has 3 N–H and O–H groups in total. The first kappa shape index (κ1) is 10.5. The van der Waals surface area contributed by atoms with Crippen LogP contribution in [0.1, 0.15) is 24.0 Å². The van der Waals surface area contributed by atoms with E-state index in [-0.39, 0.29) is 0 Å². The highest BCUT2D eigenvalue weighted by Gasteiger charge is 2.13. The summed E-state index contributed by atoms with van der Waals surface area (Å²) in [4.78, 5) is 2.37. The minimum atomic E-state index is 0.379. The summed E-state index contributed by atoms with van der Waals surface area (Å²) >= 11 is 0. The Hall–Kier alpha value is -1.06. The van der Waals surface area contributed by atoms with E-state index in [1.807, 2.05) is 12.1 Å². The average Bonchev–Trinajstić information content (AvgIpc) is 2.74. The monoisotopic (exact) mass is 206 g/mol. The third kappa shape index (κ3) is 2.49. The van der Waals surface area contributed by atoms with Crippen LogP contribution in [0, 0.1) is 0 Å². The maximum absolute atomic E-state index is 9.80. The standard InChI is InChI=1S/C12H18N2O/c13-8-10-3-4-11(12(15)7-10)9-14-5-1-2-6-14/h3-4,7,15H,1-2,5-6,8-9,13H2. The molecule has 1 heterocycles. The predicted molar refractivity (Wildman–Crippen MR) is 60.5 cm³/mol. The molecule has 1 fully saturated rings. The highest BCUT2D eigenvalue weighted by Crippen LogP contribution is 2.22. The summed E-state index contributed by atoms with van der Waals surface area (Å²) in [5.74, 6) is 0.379. The van der Waals surface area contributed by atoms with Gasteiger partial charge in [0.25, 0.3) is 0 Å². The van der Waals surface area contributed by atoms with Gasteiger partial charge in [0.05, 0.1) is 0 Å². The van der Waals surface area contributed by atoms with Crippen molar-refractivity contribution in [3.8, 4) is 5.75 Å². The number of benzene rings is 1. The second-order valence-corrected chi connectivity index (χ2v) is 4.15. The van der Waals surface area contributed by atoms with Crippen LogP contribution in [-0.4, -0.2) is 23.1 Å². The molecule has 0 aliphatic carbocycles. The van der Waals surface area contributed by atoms with Gasteiger partial charge in [-0.3, -0.25) is 4.90 Å². The van der Waals surface area contributed by atoms with Gasteiger partial charge in [0.2, 0.25) is 0 Å². The highest BCUT2D eigenvalue weighted by molar-refractivity contribution is 5.36. The second kappa shape index (κ2) is 4.64. The molecule has 3 heteroatoms. The summed E-state index contributed by atoms with van der Waals surface area (Å²) in [6, 6.07) is 5.74. The number of phenols is 1.